The number of rotatable bonds is 6. The van der Waals surface area contributed by atoms with Crippen LogP contribution in [0.5, 0.6) is 0 Å². The Bertz CT molecular complexity index is 944. The highest BCUT2D eigenvalue weighted by atomic mass is 32.2. The Morgan fingerprint density at radius 2 is 1.97 bits per heavy atom. The first-order valence-corrected chi connectivity index (χ1v) is 10.9. The van der Waals surface area contributed by atoms with Gasteiger partial charge in [0.1, 0.15) is 12.6 Å². The van der Waals surface area contributed by atoms with Gasteiger partial charge >= 0.3 is 12.1 Å². The molecule has 3 rings (SSSR count). The summed E-state index contributed by atoms with van der Waals surface area (Å²) in [5.41, 5.74) is -1.07. The van der Waals surface area contributed by atoms with Gasteiger partial charge < -0.3 is 15.2 Å². The molecule has 0 radical (unpaired) electrons. The van der Waals surface area contributed by atoms with E-state index in [0.717, 1.165) is 31.0 Å². The molecular weight excluding hydrogens is 427 g/mol. The largest absolute Gasteiger partial charge is 0.480 e. The Balaban J connectivity index is 1.96. The smallest absolute Gasteiger partial charge is 0.416 e. The van der Waals surface area contributed by atoms with Crippen molar-refractivity contribution in [2.75, 3.05) is 13.2 Å². The summed E-state index contributed by atoms with van der Waals surface area (Å²) in [7, 11) is -4.27. The average molecular weight is 449 g/mol. The first-order valence-electron chi connectivity index (χ1n) is 9.39. The number of carbonyl (C=O) groups excluding carboxylic acids is 1. The Kier molecular flexibility index (Phi) is 5.89. The van der Waals surface area contributed by atoms with Gasteiger partial charge in [-0.3, -0.25) is 9.59 Å². The standard InChI is InChI=1S/C19H22F3NO6S/c1-18(30(27,28)13-4-2-3-12(7-13)19(20,21)22)8-15(17(26)23-9-16(24)25)29-10-14(18)11-5-6-11/h2-4,7,11,14-15H,5-6,8-10H2,1H3,(H,23,26)(H,24,25). The molecule has 166 valence electrons. The first kappa shape index (κ1) is 22.5. The topological polar surface area (TPSA) is 110 Å². The second-order valence-electron chi connectivity index (χ2n) is 7.92. The van der Waals surface area contributed by atoms with Gasteiger partial charge in [-0.05, 0) is 43.9 Å². The number of halogens is 3. The van der Waals surface area contributed by atoms with Gasteiger partial charge in [-0.15, -0.1) is 0 Å². The van der Waals surface area contributed by atoms with E-state index in [0.29, 0.717) is 6.07 Å². The van der Waals surface area contributed by atoms with Gasteiger partial charge in [0.05, 0.1) is 21.8 Å². The third kappa shape index (κ3) is 4.31. The van der Waals surface area contributed by atoms with Crippen molar-refractivity contribution in [3.05, 3.63) is 29.8 Å². The summed E-state index contributed by atoms with van der Waals surface area (Å²) >= 11 is 0. The maximum absolute atomic E-state index is 13.5. The Morgan fingerprint density at radius 3 is 2.53 bits per heavy atom. The van der Waals surface area contributed by atoms with Crippen LogP contribution in [0.25, 0.3) is 0 Å². The zero-order valence-electron chi connectivity index (χ0n) is 16.1. The van der Waals surface area contributed by atoms with Crippen molar-refractivity contribution in [1.82, 2.24) is 5.32 Å². The number of benzene rings is 1. The first-order chi connectivity index (χ1) is 13.9. The van der Waals surface area contributed by atoms with Crippen LogP contribution in [0, 0.1) is 11.8 Å². The van der Waals surface area contributed by atoms with Crippen molar-refractivity contribution in [2.24, 2.45) is 11.8 Å². The van der Waals surface area contributed by atoms with Gasteiger partial charge in [0.15, 0.2) is 9.84 Å². The molecule has 3 unspecified atom stereocenters. The Morgan fingerprint density at radius 1 is 1.30 bits per heavy atom. The van der Waals surface area contributed by atoms with Gasteiger partial charge in [-0.2, -0.15) is 13.2 Å². The minimum atomic E-state index is -4.70. The van der Waals surface area contributed by atoms with E-state index in [1.165, 1.54) is 6.92 Å². The lowest BCUT2D eigenvalue weighted by atomic mass is 9.82. The summed E-state index contributed by atoms with van der Waals surface area (Å²) in [6.45, 7) is 0.734. The van der Waals surface area contributed by atoms with Crippen LogP contribution in [0.1, 0.15) is 31.7 Å². The molecule has 1 aliphatic heterocycles. The van der Waals surface area contributed by atoms with E-state index in [1.807, 2.05) is 0 Å². The Labute approximate surface area is 171 Å². The van der Waals surface area contributed by atoms with Crippen LogP contribution in [-0.4, -0.2) is 49.4 Å². The summed E-state index contributed by atoms with van der Waals surface area (Å²) in [6, 6.07) is 3.57. The van der Waals surface area contributed by atoms with Crippen molar-refractivity contribution in [3.63, 3.8) is 0 Å². The van der Waals surface area contributed by atoms with E-state index in [4.69, 9.17) is 9.84 Å². The van der Waals surface area contributed by atoms with Gasteiger partial charge in [0, 0.05) is 12.3 Å². The van der Waals surface area contributed by atoms with Crippen molar-refractivity contribution in [1.29, 1.82) is 0 Å². The molecule has 11 heteroatoms. The van der Waals surface area contributed by atoms with Crippen LogP contribution in [0.15, 0.2) is 29.2 Å². The molecule has 0 spiro atoms. The summed E-state index contributed by atoms with van der Waals surface area (Å²) < 4.78 is 70.4. The molecule has 7 nitrogen and oxygen atoms in total. The van der Waals surface area contributed by atoms with E-state index in [2.05, 4.69) is 5.32 Å². The van der Waals surface area contributed by atoms with Crippen LogP contribution >= 0.6 is 0 Å². The fraction of sp³-hybridized carbons (Fsp3) is 0.579. The summed E-state index contributed by atoms with van der Waals surface area (Å²) in [6.07, 6.45) is -4.64. The highest BCUT2D eigenvalue weighted by Crippen LogP contribution is 2.51. The number of carboxylic acid groups (broad SMARTS) is 1. The third-order valence-corrected chi connectivity index (χ3v) is 8.41. The van der Waals surface area contributed by atoms with Gasteiger partial charge in [0.2, 0.25) is 5.91 Å². The van der Waals surface area contributed by atoms with E-state index in [1.54, 1.807) is 0 Å². The number of alkyl halides is 3. The number of hydrogen-bond acceptors (Lipinski definition) is 5. The highest BCUT2D eigenvalue weighted by Gasteiger charge is 2.56. The predicted octanol–water partition coefficient (Wildman–Crippen LogP) is 2.25. The normalized spacial score (nSPS) is 27.5. The van der Waals surface area contributed by atoms with E-state index in [9.17, 15) is 31.2 Å². The fourth-order valence-electron chi connectivity index (χ4n) is 3.97. The monoisotopic (exact) mass is 449 g/mol. The summed E-state index contributed by atoms with van der Waals surface area (Å²) in [4.78, 5) is 22.5. The number of amides is 1. The number of nitrogens with one attached hydrogen (secondary N) is 1. The second-order valence-corrected chi connectivity index (χ2v) is 10.3. The molecule has 3 atom stereocenters. The Hall–Kier alpha value is -2.14. The molecule has 2 aliphatic rings. The molecule has 1 aromatic carbocycles. The van der Waals surface area contributed by atoms with Crippen molar-refractivity contribution >= 4 is 21.7 Å². The summed E-state index contributed by atoms with van der Waals surface area (Å²) in [5, 5.41) is 10.9. The lowest BCUT2D eigenvalue weighted by Crippen LogP contribution is -2.56. The lowest BCUT2D eigenvalue weighted by molar-refractivity contribution is -0.144. The molecule has 1 amide bonds. The van der Waals surface area contributed by atoms with E-state index >= 15 is 0 Å². The number of sulfone groups is 1. The minimum absolute atomic E-state index is 0.0404. The van der Waals surface area contributed by atoms with Crippen LogP contribution in [-0.2, 0) is 30.3 Å². The molecule has 1 heterocycles. The molecule has 1 saturated heterocycles. The number of aliphatic carboxylic acids is 1. The molecule has 1 saturated carbocycles. The lowest BCUT2D eigenvalue weighted by Gasteiger charge is -2.43. The van der Waals surface area contributed by atoms with E-state index < -0.39 is 61.7 Å². The average Bonchev–Trinajstić information content (AvgIpc) is 3.50. The number of carboxylic acids is 1. The molecule has 30 heavy (non-hydrogen) atoms. The SMILES string of the molecule is CC1(S(=O)(=O)c2cccc(C(F)(F)F)c2)CC(C(=O)NCC(=O)O)OCC1C1CC1. The number of hydrogen-bond donors (Lipinski definition) is 2. The maximum Gasteiger partial charge on any atom is 0.416 e. The molecule has 0 bridgehead atoms. The maximum atomic E-state index is 13.5. The fourth-order valence-corrected chi connectivity index (χ4v) is 6.08. The van der Waals surface area contributed by atoms with E-state index in [-0.39, 0.29) is 18.9 Å². The third-order valence-electron chi connectivity index (χ3n) is 5.83. The molecule has 1 aliphatic carbocycles. The molecule has 0 aromatic heterocycles. The zero-order chi connectivity index (χ0) is 22.3. The molecule has 2 N–H and O–H groups in total. The number of carbonyl (C=O) groups is 2. The van der Waals surface area contributed by atoms with Crippen molar-refractivity contribution < 1.29 is 41.0 Å². The highest BCUT2D eigenvalue weighted by molar-refractivity contribution is 7.92. The van der Waals surface area contributed by atoms with Crippen LogP contribution in [0.2, 0.25) is 0 Å². The van der Waals surface area contributed by atoms with Crippen molar-refractivity contribution in [2.45, 2.75) is 48.1 Å². The quantitative estimate of drug-likeness (QED) is 0.690. The molecule has 1 aromatic rings. The van der Waals surface area contributed by atoms with Gasteiger partial charge in [0.25, 0.3) is 0 Å². The second kappa shape index (κ2) is 7.84. The van der Waals surface area contributed by atoms with Crippen molar-refractivity contribution in [3.8, 4) is 0 Å². The van der Waals surface area contributed by atoms with Gasteiger partial charge in [-0.1, -0.05) is 6.07 Å². The van der Waals surface area contributed by atoms with Crippen LogP contribution in [0.4, 0.5) is 13.2 Å². The molecular formula is C19H22F3NO6S. The van der Waals surface area contributed by atoms with Crippen LogP contribution in [0.3, 0.4) is 0 Å². The molecule has 2 fully saturated rings. The van der Waals surface area contributed by atoms with Gasteiger partial charge in [-0.25, -0.2) is 8.42 Å². The minimum Gasteiger partial charge on any atom is -0.480 e. The summed E-state index contributed by atoms with van der Waals surface area (Å²) in [5.74, 6) is -2.48. The van der Waals surface area contributed by atoms with Crippen LogP contribution < -0.4 is 5.32 Å². The predicted molar refractivity (Wildman–Crippen MR) is 98.3 cm³/mol. The zero-order valence-corrected chi connectivity index (χ0v) is 16.9. The number of ether oxygens (including phenoxy) is 1.